The van der Waals surface area contributed by atoms with Crippen LogP contribution in [0.2, 0.25) is 0 Å². The molecule has 5 heteroatoms. The fraction of sp³-hybridized carbons (Fsp3) is 0.692. The van der Waals surface area contributed by atoms with E-state index < -0.39 is 0 Å². The second-order valence-corrected chi connectivity index (χ2v) is 4.41. The number of anilines is 2. The predicted molar refractivity (Wildman–Crippen MR) is 75.3 cm³/mol. The number of hydrogen-bond donors (Lipinski definition) is 1. The molecule has 0 aliphatic rings. The minimum absolute atomic E-state index is 0.379. The highest BCUT2D eigenvalue weighted by Gasteiger charge is 2.13. The molecule has 0 fully saturated rings. The fourth-order valence-corrected chi connectivity index (χ4v) is 1.74. The molecule has 5 nitrogen and oxygen atoms in total. The molecule has 0 saturated carbocycles. The van der Waals surface area contributed by atoms with Crippen molar-refractivity contribution in [2.24, 2.45) is 0 Å². The largest absolute Gasteiger partial charge is 0.383 e. The first-order chi connectivity index (χ1) is 8.62. The van der Waals surface area contributed by atoms with Crippen molar-refractivity contribution in [2.75, 3.05) is 37.5 Å². The molecule has 0 radical (unpaired) electrons. The summed E-state index contributed by atoms with van der Waals surface area (Å²) in [6.07, 6.45) is 0.832. The maximum absolute atomic E-state index is 5.16. The molecule has 1 heterocycles. The number of nitrogens with zero attached hydrogens (tertiary/aromatic N) is 3. The molecule has 0 saturated heterocycles. The van der Waals surface area contributed by atoms with Gasteiger partial charge in [-0.2, -0.15) is 0 Å². The number of ether oxygens (including phenoxy) is 1. The zero-order valence-electron chi connectivity index (χ0n) is 12.0. The van der Waals surface area contributed by atoms with Crippen molar-refractivity contribution in [3.05, 3.63) is 11.9 Å². The van der Waals surface area contributed by atoms with E-state index in [-0.39, 0.29) is 0 Å². The van der Waals surface area contributed by atoms with Crippen molar-refractivity contribution in [3.63, 3.8) is 0 Å². The Hall–Kier alpha value is -1.36. The minimum Gasteiger partial charge on any atom is -0.383 e. The number of aromatic nitrogens is 2. The van der Waals surface area contributed by atoms with E-state index >= 15 is 0 Å². The van der Waals surface area contributed by atoms with Crippen LogP contribution in [-0.2, 0) is 11.2 Å². The molecule has 0 bridgehead atoms. The van der Waals surface area contributed by atoms with Crippen LogP contribution in [0.4, 0.5) is 11.6 Å². The molecule has 1 aromatic rings. The molecule has 102 valence electrons. The van der Waals surface area contributed by atoms with Gasteiger partial charge >= 0.3 is 0 Å². The lowest BCUT2D eigenvalue weighted by Crippen LogP contribution is -2.34. The molecule has 1 rings (SSSR count). The van der Waals surface area contributed by atoms with Crippen LogP contribution in [0.15, 0.2) is 6.07 Å². The molecule has 0 atom stereocenters. The van der Waals surface area contributed by atoms with E-state index in [9.17, 15) is 0 Å². The second kappa shape index (κ2) is 7.16. The molecule has 0 unspecified atom stereocenters. The topological polar surface area (TPSA) is 50.3 Å². The van der Waals surface area contributed by atoms with Gasteiger partial charge in [0.25, 0.3) is 0 Å². The average molecular weight is 252 g/mol. The predicted octanol–water partition coefficient (Wildman–Crippen LogP) is 1.94. The lowest BCUT2D eigenvalue weighted by Gasteiger charge is -2.28. The van der Waals surface area contributed by atoms with E-state index in [0.717, 1.165) is 30.4 Å². The van der Waals surface area contributed by atoms with Gasteiger partial charge in [0.05, 0.1) is 6.61 Å². The number of aryl methyl sites for hydroxylation is 1. The van der Waals surface area contributed by atoms with Crippen LogP contribution in [0.3, 0.4) is 0 Å². The van der Waals surface area contributed by atoms with Crippen LogP contribution < -0.4 is 10.2 Å². The third-order valence-electron chi connectivity index (χ3n) is 2.79. The van der Waals surface area contributed by atoms with E-state index in [2.05, 4.69) is 41.0 Å². The Bertz CT molecular complexity index is 346. The Morgan fingerprint density at radius 3 is 2.61 bits per heavy atom. The summed E-state index contributed by atoms with van der Waals surface area (Å²) >= 11 is 0. The van der Waals surface area contributed by atoms with Crippen LogP contribution in [0.5, 0.6) is 0 Å². The molecule has 0 spiro atoms. The standard InChI is InChI=1S/C13H24N4O/c1-6-11-15-12(14-4)9-13(16-11)17(10(2)3)7-8-18-5/h9-10H,6-8H2,1-5H3,(H,14,15,16). The summed E-state index contributed by atoms with van der Waals surface area (Å²) in [5.41, 5.74) is 0. The Morgan fingerprint density at radius 1 is 1.39 bits per heavy atom. The Balaban J connectivity index is 3.02. The highest BCUT2D eigenvalue weighted by molar-refractivity contribution is 5.49. The number of hydrogen-bond acceptors (Lipinski definition) is 5. The van der Waals surface area contributed by atoms with Gasteiger partial charge in [0.2, 0.25) is 0 Å². The minimum atomic E-state index is 0.379. The second-order valence-electron chi connectivity index (χ2n) is 4.41. The summed E-state index contributed by atoms with van der Waals surface area (Å²) in [5.74, 6) is 2.68. The summed E-state index contributed by atoms with van der Waals surface area (Å²) in [7, 11) is 3.59. The van der Waals surface area contributed by atoms with Crippen molar-refractivity contribution >= 4 is 11.6 Å². The van der Waals surface area contributed by atoms with Gasteiger partial charge in [-0.05, 0) is 13.8 Å². The highest BCUT2D eigenvalue weighted by atomic mass is 16.5. The summed E-state index contributed by atoms with van der Waals surface area (Å²) in [5, 5.41) is 3.08. The van der Waals surface area contributed by atoms with E-state index in [1.54, 1.807) is 7.11 Å². The highest BCUT2D eigenvalue weighted by Crippen LogP contribution is 2.18. The van der Waals surface area contributed by atoms with Crippen molar-refractivity contribution in [1.29, 1.82) is 0 Å². The zero-order valence-corrected chi connectivity index (χ0v) is 12.0. The zero-order chi connectivity index (χ0) is 13.5. The monoisotopic (exact) mass is 252 g/mol. The molecular formula is C13H24N4O. The van der Waals surface area contributed by atoms with E-state index in [4.69, 9.17) is 4.74 Å². The van der Waals surface area contributed by atoms with Crippen LogP contribution >= 0.6 is 0 Å². The van der Waals surface area contributed by atoms with E-state index in [0.29, 0.717) is 12.6 Å². The Kier molecular flexibility index (Phi) is 5.85. The van der Waals surface area contributed by atoms with Crippen LogP contribution in [-0.4, -0.2) is 43.3 Å². The van der Waals surface area contributed by atoms with Gasteiger partial charge in [-0.25, -0.2) is 9.97 Å². The normalized spacial score (nSPS) is 10.8. The van der Waals surface area contributed by atoms with E-state index in [1.165, 1.54) is 0 Å². The summed E-state index contributed by atoms with van der Waals surface area (Å²) in [6.45, 7) is 7.90. The summed E-state index contributed by atoms with van der Waals surface area (Å²) in [6, 6.07) is 2.36. The maximum atomic E-state index is 5.16. The van der Waals surface area contributed by atoms with Crippen LogP contribution in [0, 0.1) is 0 Å². The summed E-state index contributed by atoms with van der Waals surface area (Å²) < 4.78 is 5.16. The SMILES string of the molecule is CCc1nc(NC)cc(N(CCOC)C(C)C)n1. The van der Waals surface area contributed by atoms with Crippen LogP contribution in [0.25, 0.3) is 0 Å². The smallest absolute Gasteiger partial charge is 0.134 e. The first-order valence-electron chi connectivity index (χ1n) is 6.43. The molecule has 0 amide bonds. The van der Waals surface area contributed by atoms with Gasteiger partial charge in [0.15, 0.2) is 0 Å². The fourth-order valence-electron chi connectivity index (χ4n) is 1.74. The van der Waals surface area contributed by atoms with Crippen molar-refractivity contribution < 1.29 is 4.74 Å². The van der Waals surface area contributed by atoms with Crippen molar-refractivity contribution in [2.45, 2.75) is 33.2 Å². The Morgan fingerprint density at radius 2 is 2.11 bits per heavy atom. The van der Waals surface area contributed by atoms with E-state index in [1.807, 2.05) is 13.1 Å². The quantitative estimate of drug-likeness (QED) is 0.803. The first-order valence-corrected chi connectivity index (χ1v) is 6.43. The lowest BCUT2D eigenvalue weighted by atomic mass is 10.3. The molecule has 0 aliphatic heterocycles. The third-order valence-corrected chi connectivity index (χ3v) is 2.79. The summed E-state index contributed by atoms with van der Waals surface area (Å²) in [4.78, 5) is 11.2. The van der Waals surface area contributed by atoms with Crippen molar-refractivity contribution in [3.8, 4) is 0 Å². The van der Waals surface area contributed by atoms with Gasteiger partial charge in [-0.3, -0.25) is 0 Å². The maximum Gasteiger partial charge on any atom is 0.134 e. The lowest BCUT2D eigenvalue weighted by molar-refractivity contribution is 0.203. The molecular weight excluding hydrogens is 228 g/mol. The molecule has 1 aromatic heterocycles. The molecule has 1 N–H and O–H groups in total. The van der Waals surface area contributed by atoms with Gasteiger partial charge < -0.3 is 15.0 Å². The molecule has 18 heavy (non-hydrogen) atoms. The number of rotatable bonds is 7. The van der Waals surface area contributed by atoms with Gasteiger partial charge in [-0.15, -0.1) is 0 Å². The number of nitrogens with one attached hydrogen (secondary N) is 1. The van der Waals surface area contributed by atoms with Gasteiger partial charge in [0.1, 0.15) is 17.5 Å². The first kappa shape index (κ1) is 14.7. The van der Waals surface area contributed by atoms with Gasteiger partial charge in [0, 0.05) is 39.2 Å². The number of methoxy groups -OCH3 is 1. The van der Waals surface area contributed by atoms with Crippen LogP contribution in [0.1, 0.15) is 26.6 Å². The third kappa shape index (κ3) is 3.84. The molecule has 0 aliphatic carbocycles. The Labute approximate surface area is 110 Å². The molecule has 0 aromatic carbocycles. The average Bonchev–Trinajstić information content (AvgIpc) is 2.38. The van der Waals surface area contributed by atoms with Gasteiger partial charge in [-0.1, -0.05) is 6.92 Å². The van der Waals surface area contributed by atoms with Crippen molar-refractivity contribution in [1.82, 2.24) is 9.97 Å².